The largest absolute Gasteiger partial charge is 0.399 e. The van der Waals surface area contributed by atoms with Crippen LogP contribution in [0, 0.1) is 11.3 Å². The average Bonchev–Trinajstić information content (AvgIpc) is 3.55. The highest BCUT2D eigenvalue weighted by Gasteiger charge is 2.26. The van der Waals surface area contributed by atoms with Gasteiger partial charge in [-0.1, -0.05) is 182 Å². The Balaban J connectivity index is 1.27. The first-order chi connectivity index (χ1) is 32.0. The van der Waals surface area contributed by atoms with Gasteiger partial charge in [0.25, 0.3) is 0 Å². The van der Waals surface area contributed by atoms with Crippen LogP contribution in [-0.2, 0) is 0 Å². The Bertz CT molecular complexity index is 3280. The Hall–Kier alpha value is -8.86. The van der Waals surface area contributed by atoms with Crippen LogP contribution in [0.2, 0.25) is 0 Å². The molecule has 0 fully saturated rings. The fourth-order valence-electron chi connectivity index (χ4n) is 8.39. The van der Waals surface area contributed by atoms with Crippen LogP contribution in [0.4, 0.5) is 5.69 Å². The molecule has 0 spiro atoms. The SMILES string of the molecule is CC1=C(c2ccc(-c3ccccc3-c3nc(-c4ccccc4)nc(-c4ccccc4)n3)c(-c3cccc(C#N)c3)c2-c2ccc(N)cc2)N=C(c2ccccc2)N=C(c2ccccc2)C1. The minimum atomic E-state index is 0.535. The van der Waals surface area contributed by atoms with E-state index < -0.39 is 0 Å². The minimum absolute atomic E-state index is 0.535. The van der Waals surface area contributed by atoms with E-state index >= 15 is 0 Å². The highest BCUT2D eigenvalue weighted by Crippen LogP contribution is 2.48. The van der Waals surface area contributed by atoms with Crippen molar-refractivity contribution < 1.29 is 0 Å². The molecule has 65 heavy (non-hydrogen) atoms. The van der Waals surface area contributed by atoms with E-state index in [1.54, 1.807) is 0 Å². The van der Waals surface area contributed by atoms with Gasteiger partial charge in [-0.25, -0.2) is 24.9 Å². The van der Waals surface area contributed by atoms with Crippen LogP contribution >= 0.6 is 0 Å². The van der Waals surface area contributed by atoms with Gasteiger partial charge >= 0.3 is 0 Å². The maximum absolute atomic E-state index is 10.3. The highest BCUT2D eigenvalue weighted by molar-refractivity contribution is 6.16. The number of amidine groups is 1. The zero-order valence-corrected chi connectivity index (χ0v) is 35.6. The molecule has 10 rings (SSSR count). The first-order valence-electron chi connectivity index (χ1n) is 21.5. The van der Waals surface area contributed by atoms with Crippen LogP contribution in [0.3, 0.4) is 0 Å². The van der Waals surface area contributed by atoms with Crippen LogP contribution in [0.5, 0.6) is 0 Å². The standard InChI is InChI=1S/C58H41N7/c1-38-35-51(40-18-6-2-7-19-40)61-55(42-20-8-3-9-21-42)62-54(38)50-34-33-48(53(45-26-16-17-39(36-45)37-59)52(50)41-29-31-46(60)32-30-41)47-27-14-15-28-49(47)58-64-56(43-22-10-4-11-23-43)63-57(65-58)44-24-12-5-13-25-44/h2-34,36H,35,60H2,1H3. The third-order valence-corrected chi connectivity index (χ3v) is 11.5. The van der Waals surface area contributed by atoms with Crippen LogP contribution in [0.25, 0.3) is 73.2 Å². The predicted octanol–water partition coefficient (Wildman–Crippen LogP) is 13.4. The minimum Gasteiger partial charge on any atom is -0.399 e. The van der Waals surface area contributed by atoms with Crippen LogP contribution in [0.1, 0.15) is 35.6 Å². The first kappa shape index (κ1) is 40.2. The number of allylic oxidation sites excluding steroid dienone is 1. The Morgan fingerprint density at radius 3 is 1.55 bits per heavy atom. The molecule has 7 nitrogen and oxygen atoms in total. The molecule has 1 aliphatic heterocycles. The maximum atomic E-state index is 10.3. The molecule has 1 aromatic heterocycles. The average molecular weight is 836 g/mol. The van der Waals surface area contributed by atoms with Crippen molar-refractivity contribution in [1.29, 1.82) is 5.26 Å². The molecule has 0 saturated carbocycles. The second-order valence-corrected chi connectivity index (χ2v) is 15.8. The molecule has 0 bridgehead atoms. The lowest BCUT2D eigenvalue weighted by atomic mass is 9.82. The van der Waals surface area contributed by atoms with Gasteiger partial charge < -0.3 is 5.73 Å². The van der Waals surface area contributed by atoms with Crippen molar-refractivity contribution in [1.82, 2.24) is 15.0 Å². The Kier molecular flexibility index (Phi) is 11.1. The lowest BCUT2D eigenvalue weighted by Crippen LogP contribution is -2.05. The monoisotopic (exact) mass is 835 g/mol. The molecule has 1 aliphatic rings. The molecule has 0 amide bonds. The maximum Gasteiger partial charge on any atom is 0.164 e. The first-order valence-corrected chi connectivity index (χ1v) is 21.5. The molecule has 9 aromatic rings. The summed E-state index contributed by atoms with van der Waals surface area (Å²) in [7, 11) is 0. The number of hydrogen-bond donors (Lipinski definition) is 1. The second kappa shape index (κ2) is 17.9. The van der Waals surface area contributed by atoms with E-state index in [0.29, 0.717) is 41.0 Å². The zero-order chi connectivity index (χ0) is 44.1. The fourth-order valence-corrected chi connectivity index (χ4v) is 8.39. The van der Waals surface area contributed by atoms with E-state index in [4.69, 9.17) is 30.7 Å². The van der Waals surface area contributed by atoms with E-state index in [-0.39, 0.29) is 0 Å². The number of aromatic nitrogens is 3. The summed E-state index contributed by atoms with van der Waals surface area (Å²) in [5, 5.41) is 10.3. The number of nitriles is 1. The number of nitrogen functional groups attached to an aromatic ring is 1. The molecular weight excluding hydrogens is 795 g/mol. The van der Waals surface area contributed by atoms with E-state index in [1.807, 2.05) is 140 Å². The second-order valence-electron chi connectivity index (χ2n) is 15.8. The highest BCUT2D eigenvalue weighted by atomic mass is 15.0. The summed E-state index contributed by atoms with van der Waals surface area (Å²) in [6, 6.07) is 71.2. The molecule has 2 heterocycles. The molecule has 7 heteroatoms. The van der Waals surface area contributed by atoms with Crippen molar-refractivity contribution in [2.75, 3.05) is 5.73 Å². The lowest BCUT2D eigenvalue weighted by molar-refractivity contribution is 1.07. The topological polar surface area (TPSA) is 113 Å². The van der Waals surface area contributed by atoms with E-state index in [9.17, 15) is 5.26 Å². The number of benzene rings is 8. The van der Waals surface area contributed by atoms with E-state index in [0.717, 1.165) is 83.7 Å². The molecule has 0 unspecified atom stereocenters. The van der Waals surface area contributed by atoms with Gasteiger partial charge in [-0.05, 0) is 75.7 Å². The van der Waals surface area contributed by atoms with Crippen molar-refractivity contribution in [3.05, 3.63) is 234 Å². The molecule has 0 radical (unpaired) electrons. The summed E-state index contributed by atoms with van der Waals surface area (Å²) in [5.41, 5.74) is 21.4. The number of hydrogen-bond acceptors (Lipinski definition) is 7. The quantitative estimate of drug-likeness (QED) is 0.145. The van der Waals surface area contributed by atoms with Gasteiger partial charge in [0.05, 0.1) is 23.0 Å². The summed E-state index contributed by atoms with van der Waals surface area (Å²) in [4.78, 5) is 26.1. The molecule has 0 aliphatic carbocycles. The number of nitrogens with zero attached hydrogens (tertiary/aromatic N) is 6. The van der Waals surface area contributed by atoms with Crippen molar-refractivity contribution in [3.8, 4) is 73.6 Å². The summed E-state index contributed by atoms with van der Waals surface area (Å²) in [5.74, 6) is 2.31. The number of anilines is 1. The van der Waals surface area contributed by atoms with E-state index in [2.05, 4.69) is 79.7 Å². The van der Waals surface area contributed by atoms with Crippen molar-refractivity contribution >= 4 is 22.9 Å². The number of nitrogens with two attached hydrogens (primary N) is 1. The molecule has 308 valence electrons. The van der Waals surface area contributed by atoms with Gasteiger partial charge in [0.1, 0.15) is 0 Å². The molecule has 0 atom stereocenters. The number of aliphatic imine (C=N–C) groups is 2. The molecule has 2 N–H and O–H groups in total. The smallest absolute Gasteiger partial charge is 0.164 e. The molecular formula is C58H41N7. The van der Waals surface area contributed by atoms with Gasteiger partial charge in [0, 0.05) is 39.9 Å². The van der Waals surface area contributed by atoms with Crippen LogP contribution in [0.15, 0.2) is 222 Å². The van der Waals surface area contributed by atoms with Crippen LogP contribution in [-0.4, -0.2) is 26.5 Å². The van der Waals surface area contributed by atoms with Crippen molar-refractivity contribution in [2.24, 2.45) is 9.98 Å². The Morgan fingerprint density at radius 1 is 0.431 bits per heavy atom. The van der Waals surface area contributed by atoms with Gasteiger partial charge in [-0.3, -0.25) is 0 Å². The predicted molar refractivity (Wildman–Crippen MR) is 265 cm³/mol. The fraction of sp³-hybridized carbons (Fsp3) is 0.0345. The lowest BCUT2D eigenvalue weighted by Gasteiger charge is -2.23. The Labute approximate surface area is 378 Å². The summed E-state index contributed by atoms with van der Waals surface area (Å²) < 4.78 is 0. The third-order valence-electron chi connectivity index (χ3n) is 11.5. The normalized spacial score (nSPS) is 12.5. The van der Waals surface area contributed by atoms with Gasteiger partial charge in [0.15, 0.2) is 23.3 Å². The Morgan fingerprint density at radius 2 is 0.938 bits per heavy atom. The number of rotatable bonds is 9. The molecule has 0 saturated heterocycles. The van der Waals surface area contributed by atoms with E-state index in [1.165, 1.54) is 0 Å². The van der Waals surface area contributed by atoms with Gasteiger partial charge in [-0.2, -0.15) is 5.26 Å². The third kappa shape index (κ3) is 8.28. The summed E-state index contributed by atoms with van der Waals surface area (Å²) in [6.45, 7) is 2.15. The summed E-state index contributed by atoms with van der Waals surface area (Å²) >= 11 is 0. The van der Waals surface area contributed by atoms with Crippen molar-refractivity contribution in [2.45, 2.75) is 13.3 Å². The van der Waals surface area contributed by atoms with Crippen LogP contribution < -0.4 is 5.73 Å². The zero-order valence-electron chi connectivity index (χ0n) is 35.6. The molecule has 8 aromatic carbocycles. The van der Waals surface area contributed by atoms with Gasteiger partial charge in [-0.15, -0.1) is 0 Å². The van der Waals surface area contributed by atoms with Crippen molar-refractivity contribution in [3.63, 3.8) is 0 Å². The van der Waals surface area contributed by atoms with Gasteiger partial charge in [0.2, 0.25) is 0 Å². The summed E-state index contributed by atoms with van der Waals surface area (Å²) in [6.07, 6.45) is 0.580.